The number of nitrogens with zero attached hydrogens (tertiary/aromatic N) is 6. The van der Waals surface area contributed by atoms with Crippen molar-refractivity contribution in [2.75, 3.05) is 83.6 Å². The summed E-state index contributed by atoms with van der Waals surface area (Å²) in [5, 5.41) is 3.42. The Kier molecular flexibility index (Phi) is 10.9. The summed E-state index contributed by atoms with van der Waals surface area (Å²) in [6.07, 6.45) is 2.92. The molecule has 3 aromatic rings. The van der Waals surface area contributed by atoms with Gasteiger partial charge in [0.2, 0.25) is 5.95 Å². The van der Waals surface area contributed by atoms with Gasteiger partial charge in [-0.3, -0.25) is 9.47 Å². The number of alkyl halides is 2. The molecule has 230 valence electrons. The fraction of sp³-hybridized carbons (Fsp3) is 0.633. The summed E-state index contributed by atoms with van der Waals surface area (Å²) in [4.78, 5) is 18.3. The Bertz CT molecular complexity index is 1250. The maximum absolute atomic E-state index is 14.1. The van der Waals surface area contributed by atoms with E-state index < -0.39 is 6.43 Å². The molecule has 1 N–H and O–H groups in total. The molecular weight excluding hydrogens is 544 g/mol. The van der Waals surface area contributed by atoms with Crippen molar-refractivity contribution in [1.82, 2.24) is 24.4 Å². The predicted molar refractivity (Wildman–Crippen MR) is 159 cm³/mol. The number of para-hydroxylation sites is 2. The normalized spacial score (nSPS) is 19.7. The molecule has 1 aromatic carbocycles. The highest BCUT2D eigenvalue weighted by atomic mass is 19.3. The standard InChI is InChI=1S/C30H43F2N7O3/c1-40-17-13-37(14-18-41-2)23-9-7-22(8-10-23)11-12-33-30-35-26(38-15-19-42-20-16-38)21-27(36-30)39-25-6-4-3-5-24(25)34-29(39)28(31)32/h3-6,21-23,28H,7-20H2,1-2H3,(H,33,35,36). The van der Waals surface area contributed by atoms with E-state index in [1.807, 2.05) is 6.07 Å². The molecule has 5 rings (SSSR count). The Morgan fingerprint density at radius 2 is 1.67 bits per heavy atom. The third kappa shape index (κ3) is 7.52. The van der Waals surface area contributed by atoms with Crippen LogP contribution in [0.2, 0.25) is 0 Å². The Labute approximate surface area is 246 Å². The van der Waals surface area contributed by atoms with Crippen LogP contribution < -0.4 is 10.2 Å². The summed E-state index contributed by atoms with van der Waals surface area (Å²) in [6.45, 7) is 6.56. The molecule has 42 heavy (non-hydrogen) atoms. The van der Waals surface area contributed by atoms with Gasteiger partial charge in [-0.05, 0) is 50.2 Å². The predicted octanol–water partition coefficient (Wildman–Crippen LogP) is 4.55. The summed E-state index contributed by atoms with van der Waals surface area (Å²) in [5.41, 5.74) is 1.10. The van der Waals surface area contributed by atoms with E-state index in [1.165, 1.54) is 17.4 Å². The first kappa shape index (κ1) is 30.5. The average Bonchev–Trinajstić information content (AvgIpc) is 3.42. The lowest BCUT2D eigenvalue weighted by molar-refractivity contribution is 0.0666. The lowest BCUT2D eigenvalue weighted by Gasteiger charge is -2.37. The molecule has 2 fully saturated rings. The van der Waals surface area contributed by atoms with Crippen LogP contribution in [-0.4, -0.2) is 104 Å². The van der Waals surface area contributed by atoms with Crippen LogP contribution in [0, 0.1) is 5.92 Å². The van der Waals surface area contributed by atoms with E-state index in [9.17, 15) is 8.78 Å². The van der Waals surface area contributed by atoms with Gasteiger partial charge >= 0.3 is 0 Å². The number of nitrogens with one attached hydrogen (secondary N) is 1. The van der Waals surface area contributed by atoms with Crippen LogP contribution in [-0.2, 0) is 14.2 Å². The third-order valence-corrected chi connectivity index (χ3v) is 8.38. The van der Waals surface area contributed by atoms with E-state index in [0.29, 0.717) is 73.4 Å². The van der Waals surface area contributed by atoms with Crippen LogP contribution in [0.4, 0.5) is 20.5 Å². The zero-order valence-electron chi connectivity index (χ0n) is 24.7. The molecule has 1 saturated heterocycles. The minimum Gasteiger partial charge on any atom is -0.383 e. The van der Waals surface area contributed by atoms with Gasteiger partial charge in [0.25, 0.3) is 6.43 Å². The molecular formula is C30H43F2N7O3. The zero-order chi connectivity index (χ0) is 29.3. The Balaban J connectivity index is 1.28. The number of fused-ring (bicyclic) bond motifs is 1. The quantitative estimate of drug-likeness (QED) is 0.292. The number of benzene rings is 1. The summed E-state index contributed by atoms with van der Waals surface area (Å²) < 4.78 is 45.9. The zero-order valence-corrected chi connectivity index (χ0v) is 24.7. The van der Waals surface area contributed by atoms with Gasteiger partial charge in [-0.1, -0.05) is 12.1 Å². The van der Waals surface area contributed by atoms with Crippen LogP contribution in [0.25, 0.3) is 16.9 Å². The van der Waals surface area contributed by atoms with Crippen LogP contribution in [0.5, 0.6) is 0 Å². The van der Waals surface area contributed by atoms with Gasteiger partial charge < -0.3 is 24.4 Å². The molecule has 0 unspecified atom stereocenters. The number of imidazole rings is 1. The van der Waals surface area contributed by atoms with Gasteiger partial charge in [0.05, 0.1) is 37.5 Å². The number of morpholine rings is 1. The molecule has 1 saturated carbocycles. The monoisotopic (exact) mass is 587 g/mol. The molecule has 1 aliphatic heterocycles. The molecule has 12 heteroatoms. The van der Waals surface area contributed by atoms with E-state index in [0.717, 1.165) is 45.6 Å². The maximum atomic E-state index is 14.1. The number of methoxy groups -OCH3 is 2. The lowest BCUT2D eigenvalue weighted by atomic mass is 9.83. The molecule has 0 spiro atoms. The van der Waals surface area contributed by atoms with Gasteiger partial charge in [0.1, 0.15) is 11.6 Å². The fourth-order valence-electron chi connectivity index (χ4n) is 6.08. The highest BCUT2D eigenvalue weighted by Gasteiger charge is 2.26. The largest absolute Gasteiger partial charge is 0.383 e. The average molecular weight is 588 g/mol. The van der Waals surface area contributed by atoms with Crippen molar-refractivity contribution in [3.8, 4) is 5.82 Å². The second-order valence-electron chi connectivity index (χ2n) is 11.0. The second kappa shape index (κ2) is 15.0. The fourth-order valence-corrected chi connectivity index (χ4v) is 6.08. The molecule has 0 radical (unpaired) electrons. The molecule has 3 heterocycles. The molecule has 10 nitrogen and oxygen atoms in total. The van der Waals surface area contributed by atoms with Crippen molar-refractivity contribution >= 4 is 22.8 Å². The van der Waals surface area contributed by atoms with Crippen molar-refractivity contribution in [3.63, 3.8) is 0 Å². The molecule has 2 aromatic heterocycles. The Morgan fingerprint density at radius 1 is 0.976 bits per heavy atom. The van der Waals surface area contributed by atoms with Crippen LogP contribution in [0.3, 0.4) is 0 Å². The highest BCUT2D eigenvalue weighted by molar-refractivity contribution is 5.78. The molecule has 0 amide bonds. The number of ether oxygens (including phenoxy) is 3. The van der Waals surface area contributed by atoms with E-state index in [4.69, 9.17) is 24.2 Å². The van der Waals surface area contributed by atoms with Crippen molar-refractivity contribution in [2.24, 2.45) is 5.92 Å². The Hall–Kier alpha value is -2.93. The minimum atomic E-state index is -2.74. The number of rotatable bonds is 14. The number of aromatic nitrogens is 4. The summed E-state index contributed by atoms with van der Waals surface area (Å²) in [7, 11) is 3.49. The van der Waals surface area contributed by atoms with Crippen molar-refractivity contribution in [3.05, 3.63) is 36.2 Å². The molecule has 0 atom stereocenters. The van der Waals surface area contributed by atoms with Crippen LogP contribution >= 0.6 is 0 Å². The van der Waals surface area contributed by atoms with Gasteiger partial charge in [0, 0.05) is 59.1 Å². The van der Waals surface area contributed by atoms with Gasteiger partial charge in [-0.2, -0.15) is 9.97 Å². The first-order chi connectivity index (χ1) is 20.6. The van der Waals surface area contributed by atoms with E-state index in [2.05, 4.69) is 20.1 Å². The van der Waals surface area contributed by atoms with Crippen molar-refractivity contribution in [1.29, 1.82) is 0 Å². The molecule has 0 bridgehead atoms. The van der Waals surface area contributed by atoms with Crippen molar-refractivity contribution < 1.29 is 23.0 Å². The smallest absolute Gasteiger partial charge is 0.296 e. The van der Waals surface area contributed by atoms with Gasteiger partial charge in [-0.15, -0.1) is 0 Å². The SMILES string of the molecule is COCCN(CCOC)C1CCC(CCNc2nc(N3CCOCC3)cc(-n3c(C(F)F)nc4ccccc43)n2)CC1. The summed E-state index contributed by atoms with van der Waals surface area (Å²) in [5.74, 6) is 1.80. The summed E-state index contributed by atoms with van der Waals surface area (Å²) >= 11 is 0. The second-order valence-corrected chi connectivity index (χ2v) is 11.0. The van der Waals surface area contributed by atoms with Crippen LogP contribution in [0.1, 0.15) is 44.4 Å². The van der Waals surface area contributed by atoms with Gasteiger partial charge in [0.15, 0.2) is 5.82 Å². The number of hydrogen-bond donors (Lipinski definition) is 1. The van der Waals surface area contributed by atoms with E-state index in [1.54, 1.807) is 38.5 Å². The molecule has 2 aliphatic rings. The summed E-state index contributed by atoms with van der Waals surface area (Å²) in [6, 6.07) is 9.48. The number of anilines is 2. The third-order valence-electron chi connectivity index (χ3n) is 8.38. The Morgan fingerprint density at radius 3 is 2.36 bits per heavy atom. The number of halogens is 2. The highest BCUT2D eigenvalue weighted by Crippen LogP contribution is 2.31. The van der Waals surface area contributed by atoms with Crippen molar-refractivity contribution in [2.45, 2.75) is 44.6 Å². The first-order valence-corrected chi connectivity index (χ1v) is 15.0. The van der Waals surface area contributed by atoms with Crippen LogP contribution in [0.15, 0.2) is 30.3 Å². The van der Waals surface area contributed by atoms with Gasteiger partial charge in [-0.25, -0.2) is 13.8 Å². The van der Waals surface area contributed by atoms with E-state index >= 15 is 0 Å². The lowest BCUT2D eigenvalue weighted by Crippen LogP contribution is -2.42. The number of hydrogen-bond acceptors (Lipinski definition) is 9. The molecule has 1 aliphatic carbocycles. The first-order valence-electron chi connectivity index (χ1n) is 15.0. The van der Waals surface area contributed by atoms with E-state index in [-0.39, 0.29) is 5.82 Å². The minimum absolute atomic E-state index is 0.324. The topological polar surface area (TPSA) is 89.8 Å². The maximum Gasteiger partial charge on any atom is 0.296 e.